The largest absolute Gasteiger partial charge is 0.480 e. The summed E-state index contributed by atoms with van der Waals surface area (Å²) in [5.74, 6) is -4.63. The molecule has 23 heteroatoms. The van der Waals surface area contributed by atoms with Crippen molar-refractivity contribution in [1.82, 2.24) is 15.5 Å². The molecule has 2 fully saturated rings. The molecule has 0 bridgehead atoms. The van der Waals surface area contributed by atoms with Crippen LogP contribution < -0.4 is 32.7 Å². The number of amides is 8. The Bertz CT molecular complexity index is 2290. The Morgan fingerprint density at radius 2 is 1.04 bits per heavy atom. The maximum absolute atomic E-state index is 13.5. The Morgan fingerprint density at radius 3 is 1.39 bits per heavy atom. The third-order valence-corrected chi connectivity index (χ3v) is 13.7. The van der Waals surface area contributed by atoms with Crippen molar-refractivity contribution in [2.24, 2.45) is 34.1 Å². The summed E-state index contributed by atoms with van der Waals surface area (Å²) in [7, 11) is 0.460. The Kier molecular flexibility index (Phi) is 28.8. The number of aliphatic hydroxyl groups is 2. The van der Waals surface area contributed by atoms with Crippen LogP contribution in [0.25, 0.3) is 0 Å². The summed E-state index contributed by atoms with van der Waals surface area (Å²) in [6.45, 7) is 3.38. The van der Waals surface area contributed by atoms with Gasteiger partial charge in [0, 0.05) is 74.3 Å². The van der Waals surface area contributed by atoms with Gasteiger partial charge in [-0.3, -0.25) is 43.3 Å². The number of urea groups is 2. The number of ketones is 3. The number of primary amides is 2. The maximum Gasteiger partial charge on any atom is 0.317 e. The molecule has 0 aromatic heterocycles. The monoisotopic (exact) mass is 1060 g/mol. The molecule has 2 aromatic carbocycles. The van der Waals surface area contributed by atoms with Gasteiger partial charge in [0.25, 0.3) is 11.8 Å². The molecule has 2 saturated carbocycles. The van der Waals surface area contributed by atoms with Crippen molar-refractivity contribution in [2.75, 3.05) is 36.9 Å². The minimum absolute atomic E-state index is 0. The van der Waals surface area contributed by atoms with Crippen molar-refractivity contribution in [3.05, 3.63) is 71.8 Å². The second-order valence-corrected chi connectivity index (χ2v) is 19.3. The van der Waals surface area contributed by atoms with Crippen LogP contribution in [0.15, 0.2) is 60.7 Å². The minimum atomic E-state index is -1.38. The van der Waals surface area contributed by atoms with Crippen molar-refractivity contribution in [3.8, 4) is 0 Å². The van der Waals surface area contributed by atoms with E-state index in [0.717, 1.165) is 26.1 Å². The molecule has 21 nitrogen and oxygen atoms in total. The first-order chi connectivity index (χ1) is 35.4. The fourth-order valence-corrected chi connectivity index (χ4v) is 8.67. The van der Waals surface area contributed by atoms with Gasteiger partial charge in [-0.2, -0.15) is 0 Å². The average Bonchev–Trinajstić information content (AvgIpc) is 3.66. The molecule has 3 atom stereocenters. The zero-order valence-electron chi connectivity index (χ0n) is 42.0. The van der Waals surface area contributed by atoms with E-state index in [9.17, 15) is 62.9 Å². The van der Waals surface area contributed by atoms with Crippen LogP contribution >= 0.6 is 8.46 Å². The standard InChI is InChI=1S/C30H40N4O7.C20H27N3O6.CH4BOP.CH4/c31-29(41)32-17-5-7-22(28(40)33-23-11-9-21(20-35)10-12-23)19-25(37)30(15-6-16-30)24(36)8-3-1-2-4-18-34-26(38)13-14-27(34)39;21-19(29)22-10-1-3-14(11-16(25)20(18(27)28)8-2-9-20)17(26)23-15-6-4-13(12-24)5-7-15;1-4-2-3;/h9-14,22,35H,1-8,15-20H2,(H,33,40)(H3,31,32,41);4-7,14,24H,1-3,8-12H2,(H,23,26)(H,27,28)(H3,21,22,29);4H,1H3;1H4/t22-;14-;;/m11../s1. The summed E-state index contributed by atoms with van der Waals surface area (Å²) in [4.78, 5) is 123. The second kappa shape index (κ2) is 33.4. The van der Waals surface area contributed by atoms with Crippen LogP contribution in [0.5, 0.6) is 0 Å². The number of rotatable bonds is 30. The first-order valence-corrected chi connectivity index (χ1v) is 26.5. The zero-order valence-corrected chi connectivity index (χ0v) is 43.0. The van der Waals surface area contributed by atoms with E-state index in [-0.39, 0.29) is 82.3 Å². The van der Waals surface area contributed by atoms with E-state index in [1.165, 1.54) is 17.1 Å². The van der Waals surface area contributed by atoms with Crippen molar-refractivity contribution >= 4 is 85.7 Å². The summed E-state index contributed by atoms with van der Waals surface area (Å²) < 4.78 is 9.19. The summed E-state index contributed by atoms with van der Waals surface area (Å²) in [6.07, 6.45) is 9.78. The first-order valence-electron chi connectivity index (χ1n) is 24.9. The van der Waals surface area contributed by atoms with Crippen molar-refractivity contribution < 1.29 is 68.0 Å². The van der Waals surface area contributed by atoms with Gasteiger partial charge in [0.05, 0.1) is 18.6 Å². The molecular weight excluding hydrogens is 988 g/mol. The molecule has 410 valence electrons. The van der Waals surface area contributed by atoms with Crippen LogP contribution in [0, 0.1) is 22.7 Å². The molecule has 0 spiro atoms. The number of aliphatic carboxylic acids is 1. The molecule has 0 radical (unpaired) electrons. The van der Waals surface area contributed by atoms with Gasteiger partial charge < -0.3 is 48.1 Å². The number of carbonyl (C=O) groups excluding carboxylic acids is 9. The van der Waals surface area contributed by atoms with Gasteiger partial charge >= 0.3 is 44.7 Å². The molecule has 75 heavy (non-hydrogen) atoms. The molecule has 5 rings (SSSR count). The van der Waals surface area contributed by atoms with Gasteiger partial charge in [-0.15, -0.1) is 0 Å². The van der Waals surface area contributed by atoms with Crippen LogP contribution in [0.4, 0.5) is 21.0 Å². The Labute approximate surface area is 440 Å². The van der Waals surface area contributed by atoms with Gasteiger partial charge in [0.15, 0.2) is 5.78 Å². The van der Waals surface area contributed by atoms with E-state index in [0.29, 0.717) is 108 Å². The number of aliphatic hydroxyl groups excluding tert-OH is 2. The minimum Gasteiger partial charge on any atom is -0.480 e. The van der Waals surface area contributed by atoms with Crippen LogP contribution in [0.2, 0.25) is 0 Å². The molecule has 8 amide bonds. The number of carboxylic acid groups (broad SMARTS) is 1. The SMILES string of the molecule is C.CPB=O.NC(=O)NCCC[C@H](CC(=O)C1(C(=O)CCCCCCN2C(=O)C=CC2=O)CCC1)C(=O)Nc1ccc(CO)cc1.NC(=O)NCCC[C@H](CC(=O)C1(C(=O)O)CCC1)C(=O)Nc1ccc(CO)cc1. The van der Waals surface area contributed by atoms with Crippen molar-refractivity contribution in [3.63, 3.8) is 0 Å². The van der Waals surface area contributed by atoms with Gasteiger partial charge in [-0.1, -0.05) is 57.4 Å². The van der Waals surface area contributed by atoms with Gasteiger partial charge in [0.2, 0.25) is 11.8 Å². The van der Waals surface area contributed by atoms with E-state index in [2.05, 4.69) is 21.3 Å². The number of hydrogen-bond acceptors (Lipinski definition) is 13. The fourth-order valence-electron chi connectivity index (χ4n) is 8.67. The number of nitrogens with one attached hydrogen (secondary N) is 4. The van der Waals surface area contributed by atoms with E-state index < -0.39 is 52.4 Å². The third kappa shape index (κ3) is 20.6. The van der Waals surface area contributed by atoms with Crippen molar-refractivity contribution in [2.45, 2.75) is 130 Å². The number of imide groups is 1. The topological polar surface area (TPSA) is 352 Å². The third-order valence-electron chi connectivity index (χ3n) is 13.4. The molecule has 11 N–H and O–H groups in total. The van der Waals surface area contributed by atoms with Gasteiger partial charge in [0.1, 0.15) is 17.0 Å². The summed E-state index contributed by atoms with van der Waals surface area (Å²) in [5.41, 5.74) is 10.2. The number of carboxylic acids is 1. The van der Waals surface area contributed by atoms with Crippen molar-refractivity contribution in [1.29, 1.82) is 0 Å². The molecule has 2 aliphatic carbocycles. The quantitative estimate of drug-likeness (QED) is 0.0163. The summed E-state index contributed by atoms with van der Waals surface area (Å²) in [6, 6.07) is 12.0. The number of anilines is 2. The molecule has 2 aromatic rings. The fraction of sp³-hybridized carbons (Fsp3) is 0.538. The number of unbranched alkanes of at least 4 members (excludes halogenated alkanes) is 3. The normalized spacial score (nSPS) is 15.4. The van der Waals surface area contributed by atoms with Crippen LogP contribution in [0.3, 0.4) is 0 Å². The number of Topliss-reactive ketones (excluding diaryl/α,β-unsaturated/α-hetero) is 3. The van der Waals surface area contributed by atoms with Crippen LogP contribution in [-0.4, -0.2) is 112 Å². The van der Waals surface area contributed by atoms with Crippen LogP contribution in [0.1, 0.15) is 128 Å². The Morgan fingerprint density at radius 1 is 0.640 bits per heavy atom. The molecule has 1 heterocycles. The number of benzene rings is 2. The predicted octanol–water partition coefficient (Wildman–Crippen LogP) is 5.05. The van der Waals surface area contributed by atoms with E-state index in [1.807, 2.05) is 6.66 Å². The molecule has 1 aliphatic heterocycles. The molecule has 3 aliphatic rings. The van der Waals surface area contributed by atoms with E-state index in [4.69, 9.17) is 16.6 Å². The smallest absolute Gasteiger partial charge is 0.317 e. The van der Waals surface area contributed by atoms with Gasteiger partial charge in [-0.05, 0) is 99.6 Å². The summed E-state index contributed by atoms with van der Waals surface area (Å²) in [5, 5.41) is 38.3. The number of hydrogen-bond donors (Lipinski definition) is 9. The van der Waals surface area contributed by atoms with E-state index in [1.54, 1.807) is 48.5 Å². The zero-order chi connectivity index (χ0) is 54.7. The average molecular weight is 1060 g/mol. The maximum atomic E-state index is 13.5. The number of nitrogens with two attached hydrogens (primary N) is 2. The molecule has 1 unspecified atom stereocenters. The Balaban J connectivity index is 0.000000496. The van der Waals surface area contributed by atoms with Crippen LogP contribution in [-0.2, 0) is 56.3 Å². The predicted molar refractivity (Wildman–Crippen MR) is 283 cm³/mol. The second-order valence-electron chi connectivity index (χ2n) is 18.5. The van der Waals surface area contributed by atoms with E-state index >= 15 is 0 Å². The van der Waals surface area contributed by atoms with Gasteiger partial charge in [-0.25, -0.2) is 9.59 Å². The summed E-state index contributed by atoms with van der Waals surface area (Å²) >= 11 is 0. The number of carbonyl (C=O) groups is 10. The molecular formula is C52H75BN7O14P. The number of nitrogens with zero attached hydrogens (tertiary/aromatic N) is 1. The Hall–Kier alpha value is -6.51. The molecule has 0 saturated heterocycles. The first kappa shape index (κ1) is 64.6.